The molecule has 4 aromatic rings. The molecule has 1 fully saturated rings. The van der Waals surface area contributed by atoms with Crippen molar-refractivity contribution in [2.45, 2.75) is 25.2 Å². The normalized spacial score (nSPS) is 13.5. The Morgan fingerprint density at radius 2 is 1.69 bits per heavy atom. The summed E-state index contributed by atoms with van der Waals surface area (Å²) >= 11 is 0. The maximum absolute atomic E-state index is 11.9. The summed E-state index contributed by atoms with van der Waals surface area (Å²) in [7, 11) is 0. The number of hydrogen-bond donors (Lipinski definition) is 1. The fourth-order valence-corrected chi connectivity index (χ4v) is 4.05. The van der Waals surface area contributed by atoms with Crippen LogP contribution in [0.2, 0.25) is 0 Å². The van der Waals surface area contributed by atoms with Gasteiger partial charge in [-0.15, -0.1) is 0 Å². The molecule has 0 unspecified atom stereocenters. The van der Waals surface area contributed by atoms with Crippen LogP contribution >= 0.6 is 0 Å². The first kappa shape index (κ1) is 17.6. The second kappa shape index (κ2) is 7.17. The van der Waals surface area contributed by atoms with Crippen LogP contribution in [-0.4, -0.2) is 16.1 Å². The molecule has 1 N–H and O–H groups in total. The Bertz CT molecular complexity index is 1210. The van der Waals surface area contributed by atoms with Gasteiger partial charge >= 0.3 is 5.97 Å². The fourth-order valence-electron chi connectivity index (χ4n) is 4.05. The molecule has 1 heterocycles. The number of aromatic carboxylic acids is 1. The van der Waals surface area contributed by atoms with E-state index in [4.69, 9.17) is 0 Å². The largest absolute Gasteiger partial charge is 0.478 e. The fraction of sp³-hybridized carbons (Fsp3) is 0.154. The van der Waals surface area contributed by atoms with Crippen molar-refractivity contribution in [3.05, 3.63) is 101 Å². The van der Waals surface area contributed by atoms with Crippen molar-refractivity contribution in [2.24, 2.45) is 0 Å². The Labute approximate surface area is 169 Å². The van der Waals surface area contributed by atoms with E-state index in [0.29, 0.717) is 23.6 Å². The zero-order valence-electron chi connectivity index (χ0n) is 16.0. The molecule has 0 atom stereocenters. The number of pyridine rings is 1. The number of rotatable bonds is 5. The van der Waals surface area contributed by atoms with Crippen LogP contribution in [0.5, 0.6) is 0 Å². The molecule has 0 aliphatic heterocycles. The standard InChI is InChI=1S/C26H21NO2/c28-26(29)24-14-20(17-12-13-17)16-27-25(24)15-19-8-4-11-23-21(9-5-10-22(19)23)18-6-2-1-3-7-18/h1-11,14,16-17H,12-13,15H2,(H,28,29). The first-order valence-corrected chi connectivity index (χ1v) is 9.99. The number of aromatic nitrogens is 1. The maximum atomic E-state index is 11.9. The number of carboxylic acids is 1. The summed E-state index contributed by atoms with van der Waals surface area (Å²) in [5, 5.41) is 12.0. The molecule has 3 nitrogen and oxygen atoms in total. The minimum atomic E-state index is -0.903. The minimum absolute atomic E-state index is 0.325. The lowest BCUT2D eigenvalue weighted by molar-refractivity contribution is 0.0695. The van der Waals surface area contributed by atoms with Crippen LogP contribution in [-0.2, 0) is 6.42 Å². The van der Waals surface area contributed by atoms with Crippen LogP contribution in [0.15, 0.2) is 79.0 Å². The van der Waals surface area contributed by atoms with Crippen molar-refractivity contribution >= 4 is 16.7 Å². The Hall–Kier alpha value is -3.46. The number of benzene rings is 3. The van der Waals surface area contributed by atoms with Crippen LogP contribution in [0.3, 0.4) is 0 Å². The van der Waals surface area contributed by atoms with Gasteiger partial charge in [0, 0.05) is 12.6 Å². The zero-order chi connectivity index (χ0) is 19.8. The summed E-state index contributed by atoms with van der Waals surface area (Å²) in [5.74, 6) is -0.416. The summed E-state index contributed by atoms with van der Waals surface area (Å²) in [6, 6.07) is 24.7. The zero-order valence-corrected chi connectivity index (χ0v) is 16.0. The molecule has 142 valence electrons. The van der Waals surface area contributed by atoms with E-state index in [0.717, 1.165) is 29.4 Å². The Kier molecular flexibility index (Phi) is 4.36. The molecule has 0 amide bonds. The Balaban J connectivity index is 1.59. The van der Waals surface area contributed by atoms with Crippen LogP contribution in [0.4, 0.5) is 0 Å². The van der Waals surface area contributed by atoms with E-state index in [-0.39, 0.29) is 0 Å². The summed E-state index contributed by atoms with van der Waals surface area (Å²) < 4.78 is 0. The highest BCUT2D eigenvalue weighted by molar-refractivity contribution is 5.98. The lowest BCUT2D eigenvalue weighted by Gasteiger charge is -2.12. The van der Waals surface area contributed by atoms with Gasteiger partial charge in [-0.3, -0.25) is 4.98 Å². The highest BCUT2D eigenvalue weighted by Gasteiger charge is 2.26. The molecule has 1 aromatic heterocycles. The quantitative estimate of drug-likeness (QED) is 0.458. The third kappa shape index (κ3) is 3.40. The summed E-state index contributed by atoms with van der Waals surface area (Å²) in [6.45, 7) is 0. The molecule has 1 aliphatic rings. The molecule has 0 spiro atoms. The molecule has 3 heteroatoms. The lowest BCUT2D eigenvalue weighted by atomic mass is 9.93. The summed E-state index contributed by atoms with van der Waals surface area (Å²) in [6.07, 6.45) is 4.62. The molecule has 1 aliphatic carbocycles. The van der Waals surface area contributed by atoms with Crippen molar-refractivity contribution in [1.29, 1.82) is 0 Å². The SMILES string of the molecule is O=C(O)c1cc(C2CC2)cnc1Cc1cccc2c(-c3ccccc3)cccc12. The van der Waals surface area contributed by atoms with E-state index in [1.54, 1.807) is 0 Å². The molecule has 5 rings (SSSR count). The van der Waals surface area contributed by atoms with Crippen LogP contribution in [0.1, 0.15) is 45.9 Å². The molecular formula is C26H21NO2. The first-order valence-electron chi connectivity index (χ1n) is 9.99. The second-order valence-electron chi connectivity index (χ2n) is 7.70. The third-order valence-corrected chi connectivity index (χ3v) is 5.73. The summed E-state index contributed by atoms with van der Waals surface area (Å²) in [4.78, 5) is 16.4. The van der Waals surface area contributed by atoms with E-state index >= 15 is 0 Å². The second-order valence-corrected chi connectivity index (χ2v) is 7.70. The molecule has 29 heavy (non-hydrogen) atoms. The first-order chi connectivity index (χ1) is 14.2. The number of hydrogen-bond acceptors (Lipinski definition) is 2. The average molecular weight is 379 g/mol. The van der Waals surface area contributed by atoms with Gasteiger partial charge in [0.1, 0.15) is 0 Å². The van der Waals surface area contributed by atoms with Gasteiger partial charge < -0.3 is 5.11 Å². The Morgan fingerprint density at radius 3 is 2.45 bits per heavy atom. The van der Waals surface area contributed by atoms with E-state index < -0.39 is 5.97 Å². The van der Waals surface area contributed by atoms with Gasteiger partial charge in [0.25, 0.3) is 0 Å². The highest BCUT2D eigenvalue weighted by atomic mass is 16.4. The highest BCUT2D eigenvalue weighted by Crippen LogP contribution is 2.40. The number of carbonyl (C=O) groups is 1. The van der Waals surface area contributed by atoms with Gasteiger partial charge in [-0.05, 0) is 57.9 Å². The summed E-state index contributed by atoms with van der Waals surface area (Å²) in [5.41, 5.74) is 5.45. The molecule has 0 bridgehead atoms. The van der Waals surface area contributed by atoms with Gasteiger partial charge in [-0.25, -0.2) is 4.79 Å². The minimum Gasteiger partial charge on any atom is -0.478 e. The number of carboxylic acid groups (broad SMARTS) is 1. The van der Waals surface area contributed by atoms with Gasteiger partial charge in [0.05, 0.1) is 11.3 Å². The van der Waals surface area contributed by atoms with E-state index in [2.05, 4.69) is 47.4 Å². The monoisotopic (exact) mass is 379 g/mol. The predicted molar refractivity (Wildman–Crippen MR) is 115 cm³/mol. The molecule has 0 radical (unpaired) electrons. The average Bonchev–Trinajstić information content (AvgIpc) is 3.60. The van der Waals surface area contributed by atoms with E-state index in [9.17, 15) is 9.90 Å². The van der Waals surface area contributed by atoms with Gasteiger partial charge in [0.15, 0.2) is 0 Å². The van der Waals surface area contributed by atoms with Crippen LogP contribution < -0.4 is 0 Å². The lowest BCUT2D eigenvalue weighted by Crippen LogP contribution is -2.07. The number of fused-ring (bicyclic) bond motifs is 1. The van der Waals surface area contributed by atoms with Gasteiger partial charge in [0.2, 0.25) is 0 Å². The third-order valence-electron chi connectivity index (χ3n) is 5.73. The molecule has 1 saturated carbocycles. The molecule has 3 aromatic carbocycles. The Morgan fingerprint density at radius 1 is 0.931 bits per heavy atom. The van der Waals surface area contributed by atoms with Crippen molar-refractivity contribution in [2.75, 3.05) is 0 Å². The van der Waals surface area contributed by atoms with Gasteiger partial charge in [-0.2, -0.15) is 0 Å². The van der Waals surface area contributed by atoms with E-state index in [1.807, 2.05) is 36.5 Å². The predicted octanol–water partition coefficient (Wildman–Crippen LogP) is 6.07. The van der Waals surface area contributed by atoms with Gasteiger partial charge in [-0.1, -0.05) is 66.7 Å². The number of nitrogens with zero attached hydrogens (tertiary/aromatic N) is 1. The smallest absolute Gasteiger partial charge is 0.337 e. The topological polar surface area (TPSA) is 50.2 Å². The van der Waals surface area contributed by atoms with E-state index in [1.165, 1.54) is 16.5 Å². The molecular weight excluding hydrogens is 358 g/mol. The maximum Gasteiger partial charge on any atom is 0.337 e. The van der Waals surface area contributed by atoms with Crippen molar-refractivity contribution in [1.82, 2.24) is 4.98 Å². The van der Waals surface area contributed by atoms with Crippen molar-refractivity contribution in [3.8, 4) is 11.1 Å². The van der Waals surface area contributed by atoms with Crippen molar-refractivity contribution in [3.63, 3.8) is 0 Å². The molecule has 0 saturated heterocycles. The van der Waals surface area contributed by atoms with Crippen LogP contribution in [0, 0.1) is 0 Å². The van der Waals surface area contributed by atoms with Crippen molar-refractivity contribution < 1.29 is 9.90 Å². The van der Waals surface area contributed by atoms with Crippen LogP contribution in [0.25, 0.3) is 21.9 Å².